The number of aliphatic hydroxyl groups is 1. The number of nitrogens with one attached hydrogen (secondary N) is 2. The van der Waals surface area contributed by atoms with E-state index in [-0.39, 0.29) is 25.5 Å². The summed E-state index contributed by atoms with van der Waals surface area (Å²) in [6.45, 7) is -0.0602. The van der Waals surface area contributed by atoms with E-state index in [1.165, 1.54) is 30.6 Å². The molecule has 3 atom stereocenters. The second kappa shape index (κ2) is 9.85. The zero-order valence-corrected chi connectivity index (χ0v) is 15.5. The van der Waals surface area contributed by atoms with E-state index >= 15 is 0 Å². The zero-order valence-electron chi connectivity index (χ0n) is 15.5. The van der Waals surface area contributed by atoms with Gasteiger partial charge < -0.3 is 20.5 Å². The lowest BCUT2D eigenvalue weighted by atomic mass is 10.0. The molecule has 1 aliphatic heterocycles. The van der Waals surface area contributed by atoms with Crippen LogP contribution in [0.15, 0.2) is 55.0 Å². The fourth-order valence-electron chi connectivity index (χ4n) is 2.84. The van der Waals surface area contributed by atoms with Gasteiger partial charge in [0.05, 0.1) is 37.4 Å². The maximum Gasteiger partial charge on any atom is 0.251 e. The molecular formula is C20H21FN4O4. The molecule has 0 radical (unpaired) electrons. The molecule has 0 spiro atoms. The van der Waals surface area contributed by atoms with Crippen molar-refractivity contribution in [1.82, 2.24) is 20.6 Å². The van der Waals surface area contributed by atoms with Crippen molar-refractivity contribution in [3.63, 3.8) is 0 Å². The number of nitrogens with zero attached hydrogens (tertiary/aromatic N) is 2. The summed E-state index contributed by atoms with van der Waals surface area (Å²) in [7, 11) is 0. The van der Waals surface area contributed by atoms with E-state index < -0.39 is 30.0 Å². The lowest BCUT2D eigenvalue weighted by Gasteiger charge is -2.31. The third kappa shape index (κ3) is 5.90. The summed E-state index contributed by atoms with van der Waals surface area (Å²) in [5.74, 6) is -1.08. The first-order valence-electron chi connectivity index (χ1n) is 9.08. The molecule has 0 bridgehead atoms. The number of halogens is 1. The molecule has 0 saturated heterocycles. The van der Waals surface area contributed by atoms with Gasteiger partial charge in [-0.3, -0.25) is 9.59 Å². The molecule has 3 rings (SSSR count). The number of rotatable bonds is 7. The van der Waals surface area contributed by atoms with Crippen molar-refractivity contribution >= 4 is 11.8 Å². The number of carbonyl (C=O) groups is 2. The lowest BCUT2D eigenvalue weighted by Crippen LogP contribution is -2.49. The molecular weight excluding hydrogens is 379 g/mol. The minimum atomic E-state index is -0.705. The van der Waals surface area contributed by atoms with Gasteiger partial charge >= 0.3 is 0 Å². The molecule has 29 heavy (non-hydrogen) atoms. The van der Waals surface area contributed by atoms with Gasteiger partial charge in [-0.1, -0.05) is 12.2 Å². The third-order valence-electron chi connectivity index (χ3n) is 4.36. The van der Waals surface area contributed by atoms with Crippen LogP contribution in [0.5, 0.6) is 0 Å². The Labute approximate surface area is 166 Å². The first kappa shape index (κ1) is 20.6. The van der Waals surface area contributed by atoms with Crippen molar-refractivity contribution in [3.05, 3.63) is 72.1 Å². The van der Waals surface area contributed by atoms with Gasteiger partial charge in [-0.25, -0.2) is 14.4 Å². The number of amides is 2. The van der Waals surface area contributed by atoms with Crippen LogP contribution < -0.4 is 10.6 Å². The van der Waals surface area contributed by atoms with Crippen LogP contribution in [0.4, 0.5) is 4.39 Å². The van der Waals surface area contributed by atoms with Crippen LogP contribution in [-0.2, 0) is 16.1 Å². The Bertz CT molecular complexity index is 861. The zero-order chi connectivity index (χ0) is 20.6. The SMILES string of the molecule is O=C(C[C@H]1C=C[C@@H](NC(=O)c2ccc(F)cc2)[C@@H](CO)O1)NCc1ccncn1. The lowest BCUT2D eigenvalue weighted by molar-refractivity contribution is -0.125. The Morgan fingerprint density at radius 1 is 1.17 bits per heavy atom. The fourth-order valence-corrected chi connectivity index (χ4v) is 2.84. The van der Waals surface area contributed by atoms with Gasteiger partial charge in [0.15, 0.2) is 0 Å². The third-order valence-corrected chi connectivity index (χ3v) is 4.36. The van der Waals surface area contributed by atoms with Crippen LogP contribution in [0.25, 0.3) is 0 Å². The predicted molar refractivity (Wildman–Crippen MR) is 101 cm³/mol. The van der Waals surface area contributed by atoms with E-state index in [9.17, 15) is 19.1 Å². The number of aliphatic hydroxyl groups excluding tert-OH is 1. The molecule has 8 nitrogen and oxygen atoms in total. The van der Waals surface area contributed by atoms with Crippen LogP contribution in [-0.4, -0.2) is 51.7 Å². The molecule has 2 heterocycles. The van der Waals surface area contributed by atoms with Crippen molar-refractivity contribution < 1.29 is 23.8 Å². The van der Waals surface area contributed by atoms with E-state index in [1.54, 1.807) is 24.4 Å². The Morgan fingerprint density at radius 2 is 1.97 bits per heavy atom. The Kier molecular flexibility index (Phi) is 6.99. The van der Waals surface area contributed by atoms with Crippen LogP contribution in [0.3, 0.4) is 0 Å². The molecule has 0 fully saturated rings. The van der Waals surface area contributed by atoms with Gasteiger partial charge in [0.25, 0.3) is 5.91 Å². The number of hydrogen-bond donors (Lipinski definition) is 3. The first-order valence-corrected chi connectivity index (χ1v) is 9.08. The molecule has 0 aliphatic carbocycles. The van der Waals surface area contributed by atoms with Crippen LogP contribution >= 0.6 is 0 Å². The molecule has 1 aromatic heterocycles. The smallest absolute Gasteiger partial charge is 0.251 e. The summed E-state index contributed by atoms with van der Waals surface area (Å²) in [4.78, 5) is 32.2. The highest BCUT2D eigenvalue weighted by molar-refractivity contribution is 5.94. The van der Waals surface area contributed by atoms with Gasteiger partial charge in [-0.15, -0.1) is 0 Å². The molecule has 152 valence electrons. The van der Waals surface area contributed by atoms with Crippen molar-refractivity contribution in [1.29, 1.82) is 0 Å². The average Bonchev–Trinajstić information content (AvgIpc) is 2.74. The monoisotopic (exact) mass is 400 g/mol. The molecule has 3 N–H and O–H groups in total. The summed E-state index contributed by atoms with van der Waals surface area (Å²) >= 11 is 0. The van der Waals surface area contributed by atoms with Crippen LogP contribution in [0, 0.1) is 5.82 Å². The van der Waals surface area contributed by atoms with Gasteiger partial charge in [0.2, 0.25) is 5.91 Å². The normalized spacial score (nSPS) is 20.8. The predicted octanol–water partition coefficient (Wildman–Crippen LogP) is 0.736. The number of aromatic nitrogens is 2. The molecule has 0 saturated carbocycles. The standard InChI is InChI=1S/C20H21FN4O4/c21-14-3-1-13(2-4-14)20(28)25-17-6-5-16(29-18(17)11-26)9-19(27)23-10-15-7-8-22-12-24-15/h1-8,12,16-18,26H,9-11H2,(H,23,27)(H,25,28)/t16-,17-,18-/m1/s1. The Balaban J connectivity index is 1.53. The van der Waals surface area contributed by atoms with E-state index in [2.05, 4.69) is 20.6 Å². The summed E-state index contributed by atoms with van der Waals surface area (Å²) in [6, 6.07) is 6.27. The average molecular weight is 400 g/mol. The maximum atomic E-state index is 13.0. The number of benzene rings is 1. The molecule has 0 unspecified atom stereocenters. The van der Waals surface area contributed by atoms with Gasteiger partial charge in [0.1, 0.15) is 18.2 Å². The number of hydrogen-bond acceptors (Lipinski definition) is 6. The van der Waals surface area contributed by atoms with Crippen LogP contribution in [0.2, 0.25) is 0 Å². The summed E-state index contributed by atoms with van der Waals surface area (Å²) in [5, 5.41) is 15.1. The molecule has 1 aromatic carbocycles. The fraction of sp³-hybridized carbons (Fsp3) is 0.300. The minimum absolute atomic E-state index is 0.0662. The maximum absolute atomic E-state index is 13.0. The van der Waals surface area contributed by atoms with Crippen molar-refractivity contribution in [2.75, 3.05) is 6.61 Å². The molecule has 2 aromatic rings. The molecule has 9 heteroatoms. The highest BCUT2D eigenvalue weighted by atomic mass is 19.1. The first-order chi connectivity index (χ1) is 14.0. The van der Waals surface area contributed by atoms with E-state index in [4.69, 9.17) is 4.74 Å². The second-order valence-corrected chi connectivity index (χ2v) is 6.47. The van der Waals surface area contributed by atoms with Gasteiger partial charge in [-0.05, 0) is 30.3 Å². The quantitative estimate of drug-likeness (QED) is 0.591. The van der Waals surface area contributed by atoms with Gasteiger partial charge in [-0.2, -0.15) is 0 Å². The van der Waals surface area contributed by atoms with Crippen molar-refractivity contribution in [2.45, 2.75) is 31.2 Å². The van der Waals surface area contributed by atoms with Crippen molar-refractivity contribution in [3.8, 4) is 0 Å². The van der Waals surface area contributed by atoms with E-state index in [0.717, 1.165) is 0 Å². The number of ether oxygens (including phenoxy) is 1. The van der Waals surface area contributed by atoms with Crippen molar-refractivity contribution in [2.24, 2.45) is 0 Å². The van der Waals surface area contributed by atoms with Gasteiger partial charge in [0, 0.05) is 11.8 Å². The molecule has 2 amide bonds. The summed E-state index contributed by atoms with van der Waals surface area (Å²) in [6.07, 6.45) is 5.19. The second-order valence-electron chi connectivity index (χ2n) is 6.47. The van der Waals surface area contributed by atoms with E-state index in [0.29, 0.717) is 11.3 Å². The Morgan fingerprint density at radius 3 is 2.66 bits per heavy atom. The highest BCUT2D eigenvalue weighted by Gasteiger charge is 2.29. The van der Waals surface area contributed by atoms with Crippen LogP contribution in [0.1, 0.15) is 22.5 Å². The largest absolute Gasteiger partial charge is 0.394 e. The highest BCUT2D eigenvalue weighted by Crippen LogP contribution is 2.16. The summed E-state index contributed by atoms with van der Waals surface area (Å²) < 4.78 is 18.7. The minimum Gasteiger partial charge on any atom is -0.394 e. The Hall–Kier alpha value is -3.17. The van der Waals surface area contributed by atoms with E-state index in [1.807, 2.05) is 0 Å². The summed E-state index contributed by atoms with van der Waals surface area (Å²) in [5.41, 5.74) is 0.980. The molecule has 1 aliphatic rings. The number of carbonyl (C=O) groups excluding carboxylic acids is 2. The topological polar surface area (TPSA) is 113 Å².